The molecular formula is C28H33N3O5S. The molecule has 0 aliphatic carbocycles. The zero-order valence-electron chi connectivity index (χ0n) is 21.5. The summed E-state index contributed by atoms with van der Waals surface area (Å²) in [6, 6.07) is 20.7. The highest BCUT2D eigenvalue weighted by molar-refractivity contribution is 7.90. The number of anilines is 1. The van der Waals surface area contributed by atoms with E-state index in [0.29, 0.717) is 23.5 Å². The van der Waals surface area contributed by atoms with Crippen LogP contribution in [0, 0.1) is 12.8 Å². The van der Waals surface area contributed by atoms with Crippen LogP contribution in [0.3, 0.4) is 0 Å². The Morgan fingerprint density at radius 2 is 1.54 bits per heavy atom. The first kappa shape index (κ1) is 27.7. The number of rotatable bonds is 10. The van der Waals surface area contributed by atoms with E-state index >= 15 is 0 Å². The number of benzene rings is 3. The zero-order valence-corrected chi connectivity index (χ0v) is 22.3. The van der Waals surface area contributed by atoms with Gasteiger partial charge < -0.3 is 15.0 Å². The molecule has 0 spiro atoms. The molecule has 0 bridgehead atoms. The Hall–Kier alpha value is -3.85. The summed E-state index contributed by atoms with van der Waals surface area (Å²) in [6.45, 7) is 6.03. The third-order valence-corrected chi connectivity index (χ3v) is 7.19. The lowest BCUT2D eigenvalue weighted by molar-refractivity contribution is -0.120. The van der Waals surface area contributed by atoms with Crippen molar-refractivity contribution in [3.63, 3.8) is 0 Å². The fraction of sp³-hybridized carbons (Fsp3) is 0.286. The number of ether oxygens (including phenoxy) is 1. The number of sulfonamides is 1. The van der Waals surface area contributed by atoms with Crippen molar-refractivity contribution in [1.82, 2.24) is 10.0 Å². The number of urea groups is 1. The van der Waals surface area contributed by atoms with E-state index in [-0.39, 0.29) is 23.1 Å². The Morgan fingerprint density at radius 1 is 0.919 bits per heavy atom. The number of nitrogens with zero attached hydrogens (tertiary/aromatic N) is 1. The number of methoxy groups -OCH3 is 1. The highest BCUT2D eigenvalue weighted by Crippen LogP contribution is 2.22. The summed E-state index contributed by atoms with van der Waals surface area (Å²) in [5.41, 5.74) is 1.97. The number of hydrogen-bond donors (Lipinski definition) is 2. The van der Waals surface area contributed by atoms with E-state index in [2.05, 4.69) is 10.0 Å². The number of nitrogens with one attached hydrogen (secondary N) is 2. The van der Waals surface area contributed by atoms with Gasteiger partial charge in [0, 0.05) is 18.7 Å². The van der Waals surface area contributed by atoms with E-state index in [1.807, 2.05) is 44.2 Å². The maximum absolute atomic E-state index is 13.9. The van der Waals surface area contributed by atoms with E-state index in [1.165, 1.54) is 6.07 Å². The molecule has 0 heterocycles. The van der Waals surface area contributed by atoms with E-state index in [9.17, 15) is 18.0 Å². The van der Waals surface area contributed by atoms with Gasteiger partial charge in [-0.1, -0.05) is 62.4 Å². The molecule has 3 rings (SSSR count). The summed E-state index contributed by atoms with van der Waals surface area (Å²) in [7, 11) is -2.57. The molecule has 0 aliphatic rings. The Bertz CT molecular complexity index is 1310. The molecule has 3 aromatic rings. The van der Waals surface area contributed by atoms with Crippen LogP contribution < -0.4 is 19.7 Å². The lowest BCUT2D eigenvalue weighted by Crippen LogP contribution is -2.53. The van der Waals surface area contributed by atoms with Gasteiger partial charge in [-0.25, -0.2) is 17.9 Å². The molecule has 0 saturated heterocycles. The molecule has 2 N–H and O–H groups in total. The minimum absolute atomic E-state index is 0.00393. The first-order valence-electron chi connectivity index (χ1n) is 12.0. The van der Waals surface area contributed by atoms with Gasteiger partial charge in [-0.15, -0.1) is 0 Å². The van der Waals surface area contributed by atoms with Gasteiger partial charge in [-0.3, -0.25) is 4.79 Å². The van der Waals surface area contributed by atoms with Crippen molar-refractivity contribution in [2.45, 2.75) is 38.1 Å². The molecule has 3 aromatic carbocycles. The van der Waals surface area contributed by atoms with Gasteiger partial charge >= 0.3 is 6.03 Å². The fourth-order valence-electron chi connectivity index (χ4n) is 3.91. The Kier molecular flexibility index (Phi) is 9.30. The summed E-state index contributed by atoms with van der Waals surface area (Å²) in [5, 5.41) is 2.61. The zero-order chi connectivity index (χ0) is 27.0. The van der Waals surface area contributed by atoms with Crippen molar-refractivity contribution >= 4 is 27.6 Å². The predicted octanol–water partition coefficient (Wildman–Crippen LogP) is 4.29. The standard InChI is InChI=1S/C28H33N3O5S/c1-20(2)19-31(23-14-16-24(36-4)17-15-23)27(32)25(18-22-11-6-5-7-12-22)29-28(33)30-37(34,35)26-13-9-8-10-21(26)3/h5-17,20,25H,18-19H2,1-4H3,(H2,29,30,33)/t25-/m0/s1. The average Bonchev–Trinajstić information content (AvgIpc) is 2.87. The van der Waals surface area contributed by atoms with Gasteiger partial charge in [0.25, 0.3) is 10.0 Å². The maximum Gasteiger partial charge on any atom is 0.329 e. The second kappa shape index (κ2) is 12.4. The molecule has 8 nitrogen and oxygen atoms in total. The minimum Gasteiger partial charge on any atom is -0.497 e. The lowest BCUT2D eigenvalue weighted by Gasteiger charge is -2.29. The summed E-state index contributed by atoms with van der Waals surface area (Å²) >= 11 is 0. The molecule has 0 fully saturated rings. The van der Waals surface area contributed by atoms with Gasteiger partial charge in [0.15, 0.2) is 0 Å². The van der Waals surface area contributed by atoms with Crippen LogP contribution in [-0.4, -0.2) is 40.1 Å². The molecular weight excluding hydrogens is 490 g/mol. The third kappa shape index (κ3) is 7.57. The smallest absolute Gasteiger partial charge is 0.329 e. The quantitative estimate of drug-likeness (QED) is 0.413. The van der Waals surface area contributed by atoms with Gasteiger partial charge in [0.2, 0.25) is 5.91 Å². The highest BCUT2D eigenvalue weighted by Gasteiger charge is 2.29. The normalized spacial score (nSPS) is 12.0. The predicted molar refractivity (Wildman–Crippen MR) is 144 cm³/mol. The number of aryl methyl sites for hydroxylation is 1. The SMILES string of the molecule is COc1ccc(N(CC(C)C)C(=O)[C@H](Cc2ccccc2)NC(=O)NS(=O)(=O)c2ccccc2C)cc1. The Labute approximate surface area is 218 Å². The first-order valence-corrected chi connectivity index (χ1v) is 13.5. The van der Waals surface area contributed by atoms with Crippen LogP contribution in [0.5, 0.6) is 5.75 Å². The van der Waals surface area contributed by atoms with E-state index < -0.39 is 22.1 Å². The largest absolute Gasteiger partial charge is 0.497 e. The lowest BCUT2D eigenvalue weighted by atomic mass is 10.0. The number of amides is 3. The van der Waals surface area contributed by atoms with Crippen molar-refractivity contribution in [2.75, 3.05) is 18.6 Å². The van der Waals surface area contributed by atoms with Crippen LogP contribution in [-0.2, 0) is 21.2 Å². The van der Waals surface area contributed by atoms with Crippen molar-refractivity contribution in [2.24, 2.45) is 5.92 Å². The molecule has 3 amide bonds. The van der Waals surface area contributed by atoms with Gasteiger partial charge in [0.1, 0.15) is 11.8 Å². The monoisotopic (exact) mass is 523 g/mol. The summed E-state index contributed by atoms with van der Waals surface area (Å²) in [5.74, 6) is 0.435. The van der Waals surface area contributed by atoms with E-state index in [0.717, 1.165) is 5.56 Å². The molecule has 9 heteroatoms. The van der Waals surface area contributed by atoms with Crippen LogP contribution in [0.4, 0.5) is 10.5 Å². The molecule has 1 atom stereocenters. The van der Waals surface area contributed by atoms with E-state index in [4.69, 9.17) is 4.74 Å². The molecule has 0 aromatic heterocycles. The molecule has 0 aliphatic heterocycles. The highest BCUT2D eigenvalue weighted by atomic mass is 32.2. The van der Waals surface area contributed by atoms with Gasteiger partial charge in [-0.2, -0.15) is 0 Å². The minimum atomic E-state index is -4.13. The molecule has 0 radical (unpaired) electrons. The van der Waals surface area contributed by atoms with Crippen LogP contribution in [0.1, 0.15) is 25.0 Å². The van der Waals surface area contributed by atoms with Crippen LogP contribution in [0.2, 0.25) is 0 Å². The van der Waals surface area contributed by atoms with Crippen LogP contribution in [0.15, 0.2) is 83.8 Å². The van der Waals surface area contributed by atoms with Crippen molar-refractivity contribution < 1.29 is 22.7 Å². The average molecular weight is 524 g/mol. The van der Waals surface area contributed by atoms with Crippen molar-refractivity contribution in [3.05, 3.63) is 90.0 Å². The second-order valence-electron chi connectivity index (χ2n) is 9.13. The van der Waals surface area contributed by atoms with Crippen molar-refractivity contribution in [1.29, 1.82) is 0 Å². The number of hydrogen-bond acceptors (Lipinski definition) is 5. The van der Waals surface area contributed by atoms with Crippen LogP contribution in [0.25, 0.3) is 0 Å². The topological polar surface area (TPSA) is 105 Å². The molecule has 0 saturated carbocycles. The van der Waals surface area contributed by atoms with Gasteiger partial charge in [-0.05, 0) is 54.3 Å². The van der Waals surface area contributed by atoms with Gasteiger partial charge in [0.05, 0.1) is 12.0 Å². The van der Waals surface area contributed by atoms with E-state index in [1.54, 1.807) is 61.4 Å². The van der Waals surface area contributed by atoms with Crippen molar-refractivity contribution in [3.8, 4) is 5.75 Å². The second-order valence-corrected chi connectivity index (χ2v) is 10.8. The molecule has 0 unspecified atom stereocenters. The summed E-state index contributed by atoms with van der Waals surface area (Å²) < 4.78 is 33.0. The third-order valence-electron chi connectivity index (χ3n) is 5.69. The van der Waals surface area contributed by atoms with Crippen LogP contribution >= 0.6 is 0 Å². The number of carbonyl (C=O) groups is 2. The number of carbonyl (C=O) groups excluding carboxylic acids is 2. The fourth-order valence-corrected chi connectivity index (χ4v) is 5.07. The Balaban J connectivity index is 1.90. The Morgan fingerprint density at radius 3 is 2.14 bits per heavy atom. The summed E-state index contributed by atoms with van der Waals surface area (Å²) in [4.78, 5) is 28.4. The first-order chi connectivity index (χ1) is 17.6. The summed E-state index contributed by atoms with van der Waals surface area (Å²) in [6.07, 6.45) is 0.183. The molecule has 196 valence electrons. The molecule has 37 heavy (non-hydrogen) atoms. The maximum atomic E-state index is 13.9.